The first-order valence-corrected chi connectivity index (χ1v) is 12.3. The van der Waals surface area contributed by atoms with Gasteiger partial charge in [-0.2, -0.15) is 0 Å². The second-order valence-electron chi connectivity index (χ2n) is 9.36. The number of carboxylic acid groups (broad SMARTS) is 1. The van der Waals surface area contributed by atoms with E-state index in [1.165, 1.54) is 5.56 Å². The van der Waals surface area contributed by atoms with Crippen LogP contribution in [0.3, 0.4) is 0 Å². The van der Waals surface area contributed by atoms with Crippen LogP contribution in [0, 0.1) is 11.8 Å². The van der Waals surface area contributed by atoms with Crippen molar-refractivity contribution >= 4 is 22.4 Å². The van der Waals surface area contributed by atoms with E-state index in [1.54, 1.807) is 12.4 Å². The number of anilines is 1. The fourth-order valence-electron chi connectivity index (χ4n) is 4.72. The summed E-state index contributed by atoms with van der Waals surface area (Å²) in [6.45, 7) is 4.49. The van der Waals surface area contributed by atoms with Gasteiger partial charge in [-0.15, -0.1) is 0 Å². The Balaban J connectivity index is 1.39. The van der Waals surface area contributed by atoms with E-state index >= 15 is 0 Å². The standard InChI is InChI=1S/C31H29N3O3/c1-33(2)30-27(19-26-13-14-32-20-28(26)29(30)31(35)36)25-11-9-23(10-12-25)4-3-22-5-7-24(8-6-22)21-34-15-17-37-18-16-34/h5-14,19-20H,15-18,21H2,1-2H3,(H,35,36). The number of ether oxygens (including phenoxy) is 1. The number of nitrogens with zero attached hydrogens (tertiary/aromatic N) is 3. The largest absolute Gasteiger partial charge is 0.478 e. The first-order valence-electron chi connectivity index (χ1n) is 12.3. The number of aromatic nitrogens is 1. The predicted molar refractivity (Wildman–Crippen MR) is 147 cm³/mol. The Morgan fingerprint density at radius 1 is 1.00 bits per heavy atom. The normalized spacial score (nSPS) is 13.7. The first-order chi connectivity index (χ1) is 18.0. The summed E-state index contributed by atoms with van der Waals surface area (Å²) in [6, 6.07) is 20.2. The van der Waals surface area contributed by atoms with Crippen LogP contribution in [0.1, 0.15) is 27.0 Å². The van der Waals surface area contributed by atoms with Gasteiger partial charge in [0.15, 0.2) is 0 Å². The molecule has 5 rings (SSSR count). The molecule has 6 heteroatoms. The van der Waals surface area contributed by atoms with Crippen molar-refractivity contribution in [2.24, 2.45) is 0 Å². The zero-order valence-corrected chi connectivity index (χ0v) is 21.1. The molecule has 37 heavy (non-hydrogen) atoms. The highest BCUT2D eigenvalue weighted by molar-refractivity contribution is 6.12. The van der Waals surface area contributed by atoms with Gasteiger partial charge >= 0.3 is 5.97 Å². The maximum Gasteiger partial charge on any atom is 0.338 e. The van der Waals surface area contributed by atoms with Crippen molar-refractivity contribution < 1.29 is 14.6 Å². The van der Waals surface area contributed by atoms with E-state index < -0.39 is 5.97 Å². The molecule has 1 N–H and O–H groups in total. The molecule has 186 valence electrons. The van der Waals surface area contributed by atoms with Gasteiger partial charge in [-0.05, 0) is 52.9 Å². The molecule has 0 saturated carbocycles. The van der Waals surface area contributed by atoms with Gasteiger partial charge in [-0.1, -0.05) is 36.1 Å². The van der Waals surface area contributed by atoms with Gasteiger partial charge < -0.3 is 14.7 Å². The molecular formula is C31H29N3O3. The lowest BCUT2D eigenvalue weighted by Gasteiger charge is -2.26. The number of morpholine rings is 1. The summed E-state index contributed by atoms with van der Waals surface area (Å²) in [4.78, 5) is 20.6. The third kappa shape index (κ3) is 5.49. The van der Waals surface area contributed by atoms with E-state index in [9.17, 15) is 9.90 Å². The minimum atomic E-state index is -0.970. The number of fused-ring (bicyclic) bond motifs is 1. The van der Waals surface area contributed by atoms with E-state index in [4.69, 9.17) is 4.74 Å². The molecule has 0 atom stereocenters. The molecule has 4 aromatic rings. The smallest absolute Gasteiger partial charge is 0.338 e. The van der Waals surface area contributed by atoms with Crippen LogP contribution in [0.4, 0.5) is 5.69 Å². The monoisotopic (exact) mass is 491 g/mol. The van der Waals surface area contributed by atoms with Gasteiger partial charge in [-0.25, -0.2) is 4.79 Å². The third-order valence-electron chi connectivity index (χ3n) is 6.59. The van der Waals surface area contributed by atoms with Crippen LogP contribution in [0.2, 0.25) is 0 Å². The molecule has 1 aliphatic rings. The lowest BCUT2D eigenvalue weighted by Crippen LogP contribution is -2.35. The van der Waals surface area contributed by atoms with Gasteiger partial charge in [0.1, 0.15) is 0 Å². The average molecular weight is 492 g/mol. The van der Waals surface area contributed by atoms with Crippen LogP contribution in [0.5, 0.6) is 0 Å². The Labute approximate surface area is 217 Å². The second-order valence-corrected chi connectivity index (χ2v) is 9.36. The molecule has 1 aliphatic heterocycles. The highest BCUT2D eigenvalue weighted by atomic mass is 16.5. The third-order valence-corrected chi connectivity index (χ3v) is 6.59. The molecule has 0 spiro atoms. The minimum Gasteiger partial charge on any atom is -0.478 e. The maximum atomic E-state index is 12.2. The van der Waals surface area contributed by atoms with Gasteiger partial charge in [0.2, 0.25) is 0 Å². The molecule has 3 aromatic carbocycles. The van der Waals surface area contributed by atoms with E-state index in [1.807, 2.05) is 55.4 Å². The summed E-state index contributed by atoms with van der Waals surface area (Å²) in [6.07, 6.45) is 3.30. The molecule has 0 bridgehead atoms. The van der Waals surface area contributed by atoms with Crippen molar-refractivity contribution in [3.63, 3.8) is 0 Å². The number of carboxylic acids is 1. The molecule has 0 radical (unpaired) electrons. The Bertz CT molecular complexity index is 1480. The van der Waals surface area contributed by atoms with Crippen LogP contribution < -0.4 is 4.90 Å². The molecule has 6 nitrogen and oxygen atoms in total. The lowest BCUT2D eigenvalue weighted by molar-refractivity contribution is 0.0342. The summed E-state index contributed by atoms with van der Waals surface area (Å²) < 4.78 is 5.42. The van der Waals surface area contributed by atoms with Gasteiger partial charge in [0.05, 0.1) is 24.5 Å². The molecule has 1 saturated heterocycles. The van der Waals surface area contributed by atoms with Crippen LogP contribution in [0.15, 0.2) is 73.1 Å². The number of hydrogen-bond donors (Lipinski definition) is 1. The van der Waals surface area contributed by atoms with Crippen LogP contribution in [-0.2, 0) is 11.3 Å². The zero-order valence-electron chi connectivity index (χ0n) is 21.1. The van der Waals surface area contributed by atoms with Crippen LogP contribution >= 0.6 is 0 Å². The number of pyridine rings is 1. The van der Waals surface area contributed by atoms with Crippen molar-refractivity contribution in [3.05, 3.63) is 95.3 Å². The van der Waals surface area contributed by atoms with E-state index in [2.05, 4.69) is 46.0 Å². The average Bonchev–Trinajstić information content (AvgIpc) is 2.92. The zero-order chi connectivity index (χ0) is 25.8. The fraction of sp³-hybridized carbons (Fsp3) is 0.226. The molecule has 0 amide bonds. The van der Waals surface area contributed by atoms with E-state index in [0.29, 0.717) is 11.1 Å². The topological polar surface area (TPSA) is 65.9 Å². The Morgan fingerprint density at radius 3 is 2.27 bits per heavy atom. The molecule has 1 fully saturated rings. The lowest BCUT2D eigenvalue weighted by atomic mass is 9.94. The second kappa shape index (κ2) is 10.8. The van der Waals surface area contributed by atoms with Crippen molar-refractivity contribution in [3.8, 4) is 23.0 Å². The van der Waals surface area contributed by atoms with Gasteiger partial charge in [0, 0.05) is 68.2 Å². The minimum absolute atomic E-state index is 0.256. The molecule has 0 unspecified atom stereocenters. The van der Waals surface area contributed by atoms with Crippen molar-refractivity contribution in [1.29, 1.82) is 0 Å². The van der Waals surface area contributed by atoms with Crippen molar-refractivity contribution in [2.75, 3.05) is 45.3 Å². The number of carbonyl (C=O) groups is 1. The number of hydrogen-bond acceptors (Lipinski definition) is 5. The fourth-order valence-corrected chi connectivity index (χ4v) is 4.72. The SMILES string of the molecule is CN(C)c1c(-c2ccc(C#Cc3ccc(CN4CCOCC4)cc3)cc2)cc2ccncc2c1C(=O)O. The Kier molecular flexibility index (Phi) is 7.18. The maximum absolute atomic E-state index is 12.2. The van der Waals surface area contributed by atoms with E-state index in [0.717, 1.165) is 60.5 Å². The van der Waals surface area contributed by atoms with Crippen LogP contribution in [-0.4, -0.2) is 61.4 Å². The van der Waals surface area contributed by atoms with Crippen LogP contribution in [0.25, 0.3) is 21.9 Å². The number of rotatable bonds is 5. The Morgan fingerprint density at radius 2 is 1.65 bits per heavy atom. The highest BCUT2D eigenvalue weighted by Crippen LogP contribution is 2.38. The summed E-state index contributed by atoms with van der Waals surface area (Å²) in [7, 11) is 3.72. The summed E-state index contributed by atoms with van der Waals surface area (Å²) in [5, 5.41) is 11.5. The van der Waals surface area contributed by atoms with Crippen molar-refractivity contribution in [1.82, 2.24) is 9.88 Å². The molecular weight excluding hydrogens is 462 g/mol. The first kappa shape index (κ1) is 24.5. The van der Waals surface area contributed by atoms with Gasteiger partial charge in [0.25, 0.3) is 0 Å². The van der Waals surface area contributed by atoms with Gasteiger partial charge in [-0.3, -0.25) is 9.88 Å². The summed E-state index contributed by atoms with van der Waals surface area (Å²) >= 11 is 0. The predicted octanol–water partition coefficient (Wildman–Crippen LogP) is 4.90. The van der Waals surface area contributed by atoms with Crippen molar-refractivity contribution in [2.45, 2.75) is 6.54 Å². The van der Waals surface area contributed by atoms with E-state index in [-0.39, 0.29) is 5.56 Å². The number of benzene rings is 3. The molecule has 2 heterocycles. The summed E-state index contributed by atoms with van der Waals surface area (Å²) in [5.41, 5.74) is 5.85. The molecule has 0 aliphatic carbocycles. The number of aromatic carboxylic acids is 1. The highest BCUT2D eigenvalue weighted by Gasteiger charge is 2.21. The quantitative estimate of drug-likeness (QED) is 0.401. The Hall–Kier alpha value is -4.18. The molecule has 1 aromatic heterocycles. The summed E-state index contributed by atoms with van der Waals surface area (Å²) in [5.74, 6) is 5.53.